The van der Waals surface area contributed by atoms with E-state index in [1.165, 1.54) is 30.3 Å². The van der Waals surface area contributed by atoms with Crippen molar-refractivity contribution in [1.82, 2.24) is 0 Å². The molecule has 3 rings (SSSR count). The Morgan fingerprint density at radius 3 is 2.26 bits per heavy atom. The summed E-state index contributed by atoms with van der Waals surface area (Å²) in [7, 11) is 0. The van der Waals surface area contributed by atoms with Crippen LogP contribution >= 0.6 is 15.9 Å². The summed E-state index contributed by atoms with van der Waals surface area (Å²) in [4.78, 5) is 24.3. The van der Waals surface area contributed by atoms with E-state index in [0.29, 0.717) is 16.9 Å². The fraction of sp³-hybridized carbons (Fsp3) is 0. The number of ether oxygens (including phenoxy) is 1. The van der Waals surface area contributed by atoms with Crippen LogP contribution in [0.5, 0.6) is 5.75 Å². The Balaban J connectivity index is 1.69. The highest BCUT2D eigenvalue weighted by molar-refractivity contribution is 9.10. The van der Waals surface area contributed by atoms with Crippen LogP contribution in [0.4, 0.5) is 4.39 Å². The predicted molar refractivity (Wildman–Crippen MR) is 105 cm³/mol. The summed E-state index contributed by atoms with van der Waals surface area (Å²) < 4.78 is 19.1. The highest BCUT2D eigenvalue weighted by Gasteiger charge is 2.09. The van der Waals surface area contributed by atoms with Crippen LogP contribution < -0.4 is 4.74 Å². The van der Waals surface area contributed by atoms with Crippen LogP contribution in [-0.4, -0.2) is 11.8 Å². The van der Waals surface area contributed by atoms with Gasteiger partial charge in [0.1, 0.15) is 11.6 Å². The Labute approximate surface area is 164 Å². The Morgan fingerprint density at radius 1 is 0.889 bits per heavy atom. The molecular weight excluding hydrogens is 411 g/mol. The van der Waals surface area contributed by atoms with Gasteiger partial charge in [-0.25, -0.2) is 9.18 Å². The molecule has 0 fully saturated rings. The normalized spacial score (nSPS) is 10.7. The first-order valence-corrected chi connectivity index (χ1v) is 8.86. The number of ketones is 1. The van der Waals surface area contributed by atoms with E-state index in [2.05, 4.69) is 15.9 Å². The number of halogens is 2. The van der Waals surface area contributed by atoms with Crippen molar-refractivity contribution in [2.75, 3.05) is 0 Å². The number of carbonyl (C=O) groups excluding carboxylic acids is 2. The molecule has 0 amide bonds. The number of rotatable bonds is 5. The molecule has 0 radical (unpaired) electrons. The van der Waals surface area contributed by atoms with Crippen LogP contribution in [0.3, 0.4) is 0 Å². The van der Waals surface area contributed by atoms with E-state index >= 15 is 0 Å². The maximum Gasteiger partial charge on any atom is 0.343 e. The van der Waals surface area contributed by atoms with Gasteiger partial charge in [-0.2, -0.15) is 0 Å². The van der Waals surface area contributed by atoms with E-state index in [1.807, 2.05) is 0 Å². The smallest absolute Gasteiger partial charge is 0.343 e. The Morgan fingerprint density at radius 2 is 1.56 bits per heavy atom. The molecule has 5 heteroatoms. The van der Waals surface area contributed by atoms with Crippen LogP contribution in [0.15, 0.2) is 83.3 Å². The average Bonchev–Trinajstić information content (AvgIpc) is 2.67. The molecule has 3 aromatic carbocycles. The minimum absolute atomic E-state index is 0.129. The van der Waals surface area contributed by atoms with Crippen LogP contribution in [0, 0.1) is 5.82 Å². The molecule has 27 heavy (non-hydrogen) atoms. The summed E-state index contributed by atoms with van der Waals surface area (Å²) in [6.07, 6.45) is 3.11. The zero-order valence-corrected chi connectivity index (χ0v) is 15.6. The van der Waals surface area contributed by atoms with E-state index in [9.17, 15) is 14.0 Å². The number of esters is 1. The lowest BCUT2D eigenvalue weighted by Crippen LogP contribution is -2.08. The van der Waals surface area contributed by atoms with Gasteiger partial charge in [0.15, 0.2) is 5.78 Å². The molecule has 0 saturated heterocycles. The zero-order chi connectivity index (χ0) is 19.2. The molecule has 0 aliphatic heterocycles. The van der Waals surface area contributed by atoms with Crippen molar-refractivity contribution in [2.45, 2.75) is 0 Å². The maximum atomic E-state index is 12.9. The molecule has 0 saturated carbocycles. The molecule has 0 aromatic heterocycles. The molecule has 0 aliphatic rings. The third-order valence-electron chi connectivity index (χ3n) is 3.70. The molecule has 0 N–H and O–H groups in total. The first-order chi connectivity index (χ1) is 13.0. The number of carbonyl (C=O) groups is 2. The third-order valence-corrected chi connectivity index (χ3v) is 4.23. The van der Waals surface area contributed by atoms with E-state index < -0.39 is 11.8 Å². The highest BCUT2D eigenvalue weighted by atomic mass is 79.9. The number of allylic oxidation sites excluding steroid dienone is 1. The average molecular weight is 425 g/mol. The summed E-state index contributed by atoms with van der Waals surface area (Å²) in [6, 6.07) is 19.0. The first kappa shape index (κ1) is 18.7. The van der Waals surface area contributed by atoms with Gasteiger partial charge in [0, 0.05) is 10.0 Å². The lowest BCUT2D eigenvalue weighted by Gasteiger charge is -2.05. The highest BCUT2D eigenvalue weighted by Crippen LogP contribution is 2.17. The molecule has 3 nitrogen and oxygen atoms in total. The van der Waals surface area contributed by atoms with Crippen molar-refractivity contribution in [1.29, 1.82) is 0 Å². The van der Waals surface area contributed by atoms with Crippen molar-refractivity contribution in [3.8, 4) is 5.75 Å². The second kappa shape index (κ2) is 8.56. The predicted octanol–water partition coefficient (Wildman–Crippen LogP) is 5.70. The van der Waals surface area contributed by atoms with Gasteiger partial charge in [-0.3, -0.25) is 4.79 Å². The molecule has 0 bridgehead atoms. The van der Waals surface area contributed by atoms with Crippen LogP contribution in [0.1, 0.15) is 26.3 Å². The van der Waals surface area contributed by atoms with Crippen molar-refractivity contribution in [3.05, 3.63) is 106 Å². The Kier molecular flexibility index (Phi) is 5.94. The molecule has 0 spiro atoms. The van der Waals surface area contributed by atoms with Crippen molar-refractivity contribution in [2.24, 2.45) is 0 Å². The number of hydrogen-bond donors (Lipinski definition) is 0. The number of hydrogen-bond acceptors (Lipinski definition) is 3. The first-order valence-electron chi connectivity index (χ1n) is 8.07. The summed E-state index contributed by atoms with van der Waals surface area (Å²) in [5.41, 5.74) is 1.54. The monoisotopic (exact) mass is 424 g/mol. The van der Waals surface area contributed by atoms with Gasteiger partial charge in [0.05, 0.1) is 5.56 Å². The Hall–Kier alpha value is -3.05. The minimum Gasteiger partial charge on any atom is -0.423 e. The third kappa shape index (κ3) is 5.21. The second-order valence-corrected chi connectivity index (χ2v) is 6.59. The van der Waals surface area contributed by atoms with Crippen molar-refractivity contribution >= 4 is 33.8 Å². The quantitative estimate of drug-likeness (QED) is 0.228. The van der Waals surface area contributed by atoms with E-state index in [-0.39, 0.29) is 11.3 Å². The minimum atomic E-state index is -0.581. The van der Waals surface area contributed by atoms with Gasteiger partial charge >= 0.3 is 5.97 Å². The lowest BCUT2D eigenvalue weighted by atomic mass is 10.1. The van der Waals surface area contributed by atoms with Crippen molar-refractivity contribution in [3.63, 3.8) is 0 Å². The second-order valence-electron chi connectivity index (χ2n) is 5.67. The van der Waals surface area contributed by atoms with E-state index in [4.69, 9.17) is 4.74 Å². The largest absolute Gasteiger partial charge is 0.423 e. The lowest BCUT2D eigenvalue weighted by molar-refractivity contribution is 0.0734. The van der Waals surface area contributed by atoms with E-state index in [1.54, 1.807) is 54.6 Å². The van der Waals surface area contributed by atoms with Crippen molar-refractivity contribution < 1.29 is 18.7 Å². The van der Waals surface area contributed by atoms with Gasteiger partial charge in [-0.1, -0.05) is 34.1 Å². The standard InChI is InChI=1S/C22H14BrFO3/c23-18-9-5-16(6-10-18)21(25)13-4-15-2-1-3-20(14-15)27-22(26)17-7-11-19(24)12-8-17/h1-14H. The van der Waals surface area contributed by atoms with Gasteiger partial charge in [0.2, 0.25) is 0 Å². The maximum absolute atomic E-state index is 12.9. The molecule has 0 unspecified atom stereocenters. The SMILES string of the molecule is O=C(C=Cc1cccc(OC(=O)c2ccc(F)cc2)c1)c1ccc(Br)cc1. The Bertz CT molecular complexity index is 993. The summed E-state index contributed by atoms with van der Waals surface area (Å²) in [5, 5.41) is 0. The molecule has 0 aliphatic carbocycles. The van der Waals surface area contributed by atoms with Gasteiger partial charge < -0.3 is 4.74 Å². The summed E-state index contributed by atoms with van der Waals surface area (Å²) in [5.74, 6) is -0.796. The number of benzene rings is 3. The summed E-state index contributed by atoms with van der Waals surface area (Å²) in [6.45, 7) is 0. The fourth-order valence-corrected chi connectivity index (χ4v) is 2.58. The van der Waals surface area contributed by atoms with Crippen LogP contribution in [-0.2, 0) is 0 Å². The van der Waals surface area contributed by atoms with Gasteiger partial charge in [-0.15, -0.1) is 0 Å². The fourth-order valence-electron chi connectivity index (χ4n) is 2.32. The molecular formula is C22H14BrFO3. The van der Waals surface area contributed by atoms with Gasteiger partial charge in [-0.05, 0) is 72.3 Å². The molecule has 3 aromatic rings. The topological polar surface area (TPSA) is 43.4 Å². The summed E-state index contributed by atoms with van der Waals surface area (Å²) >= 11 is 3.33. The van der Waals surface area contributed by atoms with Gasteiger partial charge in [0.25, 0.3) is 0 Å². The van der Waals surface area contributed by atoms with Crippen LogP contribution in [0.2, 0.25) is 0 Å². The molecule has 0 atom stereocenters. The zero-order valence-electron chi connectivity index (χ0n) is 14.1. The molecule has 134 valence electrons. The van der Waals surface area contributed by atoms with E-state index in [0.717, 1.165) is 4.47 Å². The molecule has 0 heterocycles. The van der Waals surface area contributed by atoms with Crippen LogP contribution in [0.25, 0.3) is 6.08 Å².